The molecule has 0 unspecified atom stereocenters. The molecule has 0 saturated heterocycles. The number of nitrogens with zero attached hydrogens (tertiary/aromatic N) is 5. The van der Waals surface area contributed by atoms with Crippen LogP contribution >= 0.6 is 0 Å². The van der Waals surface area contributed by atoms with Crippen molar-refractivity contribution in [3.63, 3.8) is 0 Å². The molecule has 1 saturated carbocycles. The van der Waals surface area contributed by atoms with Crippen LogP contribution in [-0.4, -0.2) is 23.9 Å². The first kappa shape index (κ1) is 16.1. The van der Waals surface area contributed by atoms with Gasteiger partial charge in [-0.2, -0.15) is 0 Å². The van der Waals surface area contributed by atoms with Gasteiger partial charge in [0.05, 0.1) is 5.39 Å². The molecule has 0 amide bonds. The van der Waals surface area contributed by atoms with Gasteiger partial charge in [-0.3, -0.25) is 13.9 Å². The highest BCUT2D eigenvalue weighted by Crippen LogP contribution is 2.33. The summed E-state index contributed by atoms with van der Waals surface area (Å²) in [5.41, 5.74) is 1.51. The molecule has 132 valence electrons. The predicted molar refractivity (Wildman–Crippen MR) is 97.0 cm³/mol. The Morgan fingerprint density at radius 1 is 0.960 bits per heavy atom. The van der Waals surface area contributed by atoms with Gasteiger partial charge in [0.2, 0.25) is 0 Å². The summed E-state index contributed by atoms with van der Waals surface area (Å²) in [6, 6.07) is 2.42. The maximum absolute atomic E-state index is 12.7. The molecule has 25 heavy (non-hydrogen) atoms. The van der Waals surface area contributed by atoms with Gasteiger partial charge < -0.3 is 4.57 Å². The predicted octanol–water partition coefficient (Wildman–Crippen LogP) is 2.19. The molecule has 3 aromatic heterocycles. The van der Waals surface area contributed by atoms with Gasteiger partial charge in [-0.1, -0.05) is 25.7 Å². The van der Waals surface area contributed by atoms with Crippen LogP contribution in [-0.2, 0) is 14.1 Å². The molecule has 0 N–H and O–H groups in total. The van der Waals surface area contributed by atoms with Crippen LogP contribution in [0.2, 0.25) is 0 Å². The second-order valence-electron chi connectivity index (χ2n) is 7.14. The Kier molecular flexibility index (Phi) is 3.74. The summed E-state index contributed by atoms with van der Waals surface area (Å²) in [5.74, 6) is 0. The lowest BCUT2D eigenvalue weighted by atomic mass is 10.1. The largest absolute Gasteiger partial charge is 0.332 e. The molecule has 7 heteroatoms. The summed E-state index contributed by atoms with van der Waals surface area (Å²) in [4.78, 5) is 24.9. The van der Waals surface area contributed by atoms with Crippen LogP contribution in [0.3, 0.4) is 0 Å². The summed E-state index contributed by atoms with van der Waals surface area (Å²) in [6.45, 7) is 2.06. The Labute approximate surface area is 144 Å². The van der Waals surface area contributed by atoms with E-state index in [2.05, 4.69) is 21.7 Å². The second-order valence-corrected chi connectivity index (χ2v) is 7.14. The number of aromatic nitrogens is 5. The van der Waals surface area contributed by atoms with E-state index in [1.54, 1.807) is 7.05 Å². The lowest BCUT2D eigenvalue weighted by Gasteiger charge is -2.19. The van der Waals surface area contributed by atoms with E-state index in [1.165, 1.54) is 37.3 Å². The molecule has 1 aliphatic carbocycles. The van der Waals surface area contributed by atoms with Gasteiger partial charge in [-0.05, 0) is 25.8 Å². The molecule has 7 nitrogen and oxygen atoms in total. The van der Waals surface area contributed by atoms with Crippen molar-refractivity contribution < 1.29 is 0 Å². The SMILES string of the molecule is Cc1cc2c3c(=O)n(C)c(=O)n(C)c3nnc2n1C1CCCCCC1. The lowest BCUT2D eigenvalue weighted by molar-refractivity contribution is 0.446. The fourth-order valence-corrected chi connectivity index (χ4v) is 4.18. The molecule has 3 heterocycles. The Morgan fingerprint density at radius 3 is 2.28 bits per heavy atom. The van der Waals surface area contributed by atoms with Gasteiger partial charge in [-0.15, -0.1) is 10.2 Å². The Bertz CT molecular complexity index is 1080. The Hall–Kier alpha value is -2.44. The van der Waals surface area contributed by atoms with E-state index in [-0.39, 0.29) is 11.2 Å². The molecule has 0 bridgehead atoms. The Balaban J connectivity index is 2.06. The van der Waals surface area contributed by atoms with Gasteiger partial charge in [0.25, 0.3) is 5.56 Å². The van der Waals surface area contributed by atoms with Crippen molar-refractivity contribution in [2.45, 2.75) is 51.5 Å². The van der Waals surface area contributed by atoms with Crippen molar-refractivity contribution in [3.05, 3.63) is 32.6 Å². The van der Waals surface area contributed by atoms with Crippen LogP contribution in [0.4, 0.5) is 0 Å². The van der Waals surface area contributed by atoms with Gasteiger partial charge in [0.1, 0.15) is 0 Å². The monoisotopic (exact) mass is 341 g/mol. The zero-order valence-corrected chi connectivity index (χ0v) is 14.9. The standard InChI is InChI=1S/C18H23N5O2/c1-11-10-13-14-16(21(2)18(25)22(3)17(14)24)20-19-15(13)23(11)12-8-6-4-5-7-9-12/h10,12H,4-9H2,1-3H3. The van der Waals surface area contributed by atoms with E-state index in [9.17, 15) is 9.59 Å². The van der Waals surface area contributed by atoms with Gasteiger partial charge >= 0.3 is 5.69 Å². The lowest BCUT2D eigenvalue weighted by Crippen LogP contribution is -2.37. The van der Waals surface area contributed by atoms with E-state index in [0.29, 0.717) is 17.1 Å². The second kappa shape index (κ2) is 5.82. The van der Waals surface area contributed by atoms with E-state index in [1.807, 2.05) is 6.07 Å². The minimum absolute atomic E-state index is 0.309. The van der Waals surface area contributed by atoms with Crippen LogP contribution in [0.25, 0.3) is 22.1 Å². The summed E-state index contributed by atoms with van der Waals surface area (Å²) >= 11 is 0. The highest BCUT2D eigenvalue weighted by molar-refractivity contribution is 6.01. The minimum atomic E-state index is -0.383. The van der Waals surface area contributed by atoms with Gasteiger partial charge in [0, 0.05) is 31.2 Å². The van der Waals surface area contributed by atoms with Crippen LogP contribution in [0.5, 0.6) is 0 Å². The summed E-state index contributed by atoms with van der Waals surface area (Å²) in [5, 5.41) is 9.93. The highest BCUT2D eigenvalue weighted by atomic mass is 16.2. The third-order valence-electron chi connectivity index (χ3n) is 5.53. The molecular weight excluding hydrogens is 318 g/mol. The molecule has 3 aromatic rings. The first-order chi connectivity index (χ1) is 12.0. The molecule has 0 aromatic carbocycles. The zero-order valence-electron chi connectivity index (χ0n) is 14.9. The molecule has 0 spiro atoms. The number of hydrogen-bond acceptors (Lipinski definition) is 4. The highest BCUT2D eigenvalue weighted by Gasteiger charge is 2.22. The van der Waals surface area contributed by atoms with Crippen molar-refractivity contribution in [2.24, 2.45) is 14.1 Å². The topological polar surface area (TPSA) is 74.7 Å². The van der Waals surface area contributed by atoms with Crippen LogP contribution in [0.15, 0.2) is 15.7 Å². The fourth-order valence-electron chi connectivity index (χ4n) is 4.18. The minimum Gasteiger partial charge on any atom is -0.325 e. The number of rotatable bonds is 1. The van der Waals surface area contributed by atoms with E-state index < -0.39 is 0 Å². The smallest absolute Gasteiger partial charge is 0.325 e. The summed E-state index contributed by atoms with van der Waals surface area (Å²) in [6.07, 6.45) is 7.28. The maximum Gasteiger partial charge on any atom is 0.332 e. The molecule has 1 fully saturated rings. The summed E-state index contributed by atoms with van der Waals surface area (Å²) < 4.78 is 4.78. The maximum atomic E-state index is 12.7. The third-order valence-corrected chi connectivity index (χ3v) is 5.53. The number of hydrogen-bond donors (Lipinski definition) is 0. The molecular formula is C18H23N5O2. The van der Waals surface area contributed by atoms with Crippen LogP contribution < -0.4 is 11.2 Å². The fraction of sp³-hybridized carbons (Fsp3) is 0.556. The van der Waals surface area contributed by atoms with Crippen LogP contribution in [0, 0.1) is 6.92 Å². The first-order valence-corrected chi connectivity index (χ1v) is 8.94. The van der Waals surface area contributed by atoms with E-state index >= 15 is 0 Å². The average Bonchev–Trinajstić information content (AvgIpc) is 2.77. The van der Waals surface area contributed by atoms with Crippen molar-refractivity contribution in [1.29, 1.82) is 0 Å². The normalized spacial score (nSPS) is 16.6. The zero-order chi connectivity index (χ0) is 17.7. The van der Waals surface area contributed by atoms with Crippen molar-refractivity contribution in [1.82, 2.24) is 23.9 Å². The van der Waals surface area contributed by atoms with Crippen LogP contribution in [0.1, 0.15) is 50.3 Å². The first-order valence-electron chi connectivity index (χ1n) is 8.94. The van der Waals surface area contributed by atoms with Gasteiger partial charge in [0.15, 0.2) is 11.3 Å². The number of fused-ring (bicyclic) bond motifs is 3. The average molecular weight is 341 g/mol. The molecule has 0 aliphatic heterocycles. The molecule has 0 radical (unpaired) electrons. The van der Waals surface area contributed by atoms with Crippen molar-refractivity contribution in [3.8, 4) is 0 Å². The van der Waals surface area contributed by atoms with Crippen molar-refractivity contribution in [2.75, 3.05) is 0 Å². The molecule has 1 aliphatic rings. The quantitative estimate of drug-likeness (QED) is 0.636. The van der Waals surface area contributed by atoms with Gasteiger partial charge in [-0.25, -0.2) is 4.79 Å². The van der Waals surface area contributed by atoms with E-state index in [0.717, 1.165) is 34.1 Å². The molecule has 0 atom stereocenters. The summed E-state index contributed by atoms with van der Waals surface area (Å²) in [7, 11) is 3.13. The van der Waals surface area contributed by atoms with E-state index in [4.69, 9.17) is 0 Å². The third kappa shape index (κ3) is 2.33. The Morgan fingerprint density at radius 2 is 1.60 bits per heavy atom. The number of aryl methyl sites for hydroxylation is 2. The molecule has 4 rings (SSSR count). The van der Waals surface area contributed by atoms with Crippen molar-refractivity contribution >= 4 is 22.1 Å².